The maximum atomic E-state index is 12.2. The van der Waals surface area contributed by atoms with E-state index in [2.05, 4.69) is 19.0 Å². The summed E-state index contributed by atoms with van der Waals surface area (Å²) in [5.41, 5.74) is 1.06. The van der Waals surface area contributed by atoms with Crippen LogP contribution in [0, 0.1) is 5.21 Å². The van der Waals surface area contributed by atoms with Crippen molar-refractivity contribution in [2.24, 2.45) is 5.11 Å². The Hall–Kier alpha value is -2.56. The maximum absolute atomic E-state index is 12.2. The van der Waals surface area contributed by atoms with Crippen LogP contribution in [0.1, 0.15) is 58.8 Å². The van der Waals surface area contributed by atoms with E-state index >= 15 is 0 Å². The summed E-state index contributed by atoms with van der Waals surface area (Å²) >= 11 is 0. The lowest BCUT2D eigenvalue weighted by Crippen LogP contribution is -1.97. The molecular weight excluding hydrogens is 352 g/mol. The molecule has 5 heteroatoms. The van der Waals surface area contributed by atoms with Gasteiger partial charge in [-0.25, -0.2) is 0 Å². The van der Waals surface area contributed by atoms with E-state index < -0.39 is 0 Å². The minimum atomic E-state index is 0.465. The van der Waals surface area contributed by atoms with Gasteiger partial charge in [-0.05, 0) is 49.2 Å². The first-order chi connectivity index (χ1) is 13.7. The van der Waals surface area contributed by atoms with Gasteiger partial charge in [0.2, 0.25) is 5.69 Å². The first kappa shape index (κ1) is 21.7. The molecule has 0 unspecified atom stereocenters. The Morgan fingerprint density at radius 2 is 1.29 bits per heavy atom. The molecule has 152 valence electrons. The van der Waals surface area contributed by atoms with E-state index in [-0.39, 0.29) is 0 Å². The minimum Gasteiger partial charge on any atom is -0.594 e. The Balaban J connectivity index is 1.80. The summed E-state index contributed by atoms with van der Waals surface area (Å²) in [4.78, 5) is 0.621. The largest absolute Gasteiger partial charge is 0.594 e. The van der Waals surface area contributed by atoms with E-state index in [9.17, 15) is 5.21 Å². The molecule has 0 aromatic heterocycles. The number of azo groups is 1. The Labute approximate surface area is 168 Å². The number of ether oxygens (including phenoxy) is 2. The molecular formula is C23H32N2O3. The van der Waals surface area contributed by atoms with E-state index in [0.29, 0.717) is 22.8 Å². The van der Waals surface area contributed by atoms with Crippen molar-refractivity contribution in [1.82, 2.24) is 0 Å². The number of rotatable bonds is 13. The second kappa shape index (κ2) is 12.8. The normalized spacial score (nSPS) is 11.4. The van der Waals surface area contributed by atoms with Crippen molar-refractivity contribution in [3.8, 4) is 11.5 Å². The molecule has 2 aromatic rings. The van der Waals surface area contributed by atoms with Gasteiger partial charge in [0.1, 0.15) is 17.2 Å². The van der Waals surface area contributed by atoms with Crippen LogP contribution >= 0.6 is 0 Å². The van der Waals surface area contributed by atoms with Gasteiger partial charge in [0.25, 0.3) is 0 Å². The molecule has 0 saturated carbocycles. The quantitative estimate of drug-likeness (QED) is 0.160. The number of unbranched alkanes of at least 4 members (excludes halogenated alkanes) is 5. The fraction of sp³-hybridized carbons (Fsp3) is 0.478. The molecule has 0 bridgehead atoms. The van der Waals surface area contributed by atoms with Gasteiger partial charge in [-0.2, -0.15) is 0 Å². The van der Waals surface area contributed by atoms with E-state index in [1.54, 1.807) is 36.4 Å². The summed E-state index contributed by atoms with van der Waals surface area (Å²) in [7, 11) is 0. The number of hydrogen-bond acceptors (Lipinski definition) is 4. The molecule has 0 aliphatic rings. The van der Waals surface area contributed by atoms with Gasteiger partial charge in [-0.3, -0.25) is 0 Å². The first-order valence-corrected chi connectivity index (χ1v) is 10.4. The highest BCUT2D eigenvalue weighted by Gasteiger charge is 2.05. The third-order valence-corrected chi connectivity index (χ3v) is 4.34. The predicted molar refractivity (Wildman–Crippen MR) is 113 cm³/mol. The third-order valence-electron chi connectivity index (χ3n) is 4.34. The fourth-order valence-electron chi connectivity index (χ4n) is 2.73. The molecule has 0 spiro atoms. The van der Waals surface area contributed by atoms with E-state index in [1.807, 2.05) is 12.1 Å². The Morgan fingerprint density at radius 3 is 1.93 bits per heavy atom. The second-order valence-electron chi connectivity index (χ2n) is 6.83. The van der Waals surface area contributed by atoms with Gasteiger partial charge in [-0.15, -0.1) is 0 Å². The SMILES string of the molecule is CCCCCCCCOc1ccc(N=[N+]([O-])c2ccc(OCCC)cc2)cc1. The molecule has 0 fully saturated rings. The lowest BCUT2D eigenvalue weighted by atomic mass is 10.1. The molecule has 0 aliphatic carbocycles. The molecule has 0 radical (unpaired) electrons. The van der Waals surface area contributed by atoms with Crippen LogP contribution in [0.25, 0.3) is 0 Å². The first-order valence-electron chi connectivity index (χ1n) is 10.4. The molecule has 0 N–H and O–H groups in total. The summed E-state index contributed by atoms with van der Waals surface area (Å²) in [6, 6.07) is 14.3. The summed E-state index contributed by atoms with van der Waals surface area (Å²) in [6.45, 7) is 5.67. The number of benzene rings is 2. The molecule has 0 atom stereocenters. The number of hydrogen-bond donors (Lipinski definition) is 0. The van der Waals surface area contributed by atoms with Crippen LogP contribution in [0.15, 0.2) is 53.6 Å². The van der Waals surface area contributed by atoms with Gasteiger partial charge in [0, 0.05) is 17.2 Å². The molecule has 0 saturated heterocycles. The number of nitrogens with zero attached hydrogens (tertiary/aromatic N) is 2. The van der Waals surface area contributed by atoms with Gasteiger partial charge < -0.3 is 14.7 Å². The van der Waals surface area contributed by atoms with Crippen LogP contribution in [0.3, 0.4) is 0 Å². The lowest BCUT2D eigenvalue weighted by Gasteiger charge is -2.06. The molecule has 0 heterocycles. The van der Waals surface area contributed by atoms with Crippen molar-refractivity contribution >= 4 is 11.4 Å². The van der Waals surface area contributed by atoms with Crippen molar-refractivity contribution < 1.29 is 14.3 Å². The Bertz CT molecular complexity index is 697. The highest BCUT2D eigenvalue weighted by Crippen LogP contribution is 2.23. The molecule has 0 amide bonds. The van der Waals surface area contributed by atoms with Gasteiger partial charge in [-0.1, -0.05) is 50.8 Å². The molecule has 28 heavy (non-hydrogen) atoms. The molecule has 2 aromatic carbocycles. The standard InChI is InChI=1S/C23H32N2O3/c1-3-5-6-7-8-9-19-28-22-14-10-20(11-15-22)24-25(26)21-12-16-23(17-13-21)27-18-4-2/h10-17H,3-9,18-19H2,1-2H3. The van der Waals surface area contributed by atoms with Crippen LogP contribution in [0.4, 0.5) is 11.4 Å². The molecule has 5 nitrogen and oxygen atoms in total. The summed E-state index contributed by atoms with van der Waals surface area (Å²) in [6.07, 6.45) is 8.41. The predicted octanol–water partition coefficient (Wildman–Crippen LogP) is 7.14. The third kappa shape index (κ3) is 7.99. The average Bonchev–Trinajstić information content (AvgIpc) is 2.73. The highest BCUT2D eigenvalue weighted by atomic mass is 16.5. The Morgan fingerprint density at radius 1 is 0.714 bits per heavy atom. The van der Waals surface area contributed by atoms with Gasteiger partial charge >= 0.3 is 0 Å². The van der Waals surface area contributed by atoms with Crippen molar-refractivity contribution in [3.63, 3.8) is 0 Å². The summed E-state index contributed by atoms with van der Waals surface area (Å²) in [5, 5.41) is 16.3. The van der Waals surface area contributed by atoms with Crippen LogP contribution in [-0.2, 0) is 0 Å². The zero-order valence-electron chi connectivity index (χ0n) is 17.1. The van der Waals surface area contributed by atoms with Gasteiger partial charge in [0.15, 0.2) is 0 Å². The second-order valence-corrected chi connectivity index (χ2v) is 6.83. The van der Waals surface area contributed by atoms with Crippen LogP contribution in [0.2, 0.25) is 0 Å². The van der Waals surface area contributed by atoms with Crippen molar-refractivity contribution in [3.05, 3.63) is 53.7 Å². The van der Waals surface area contributed by atoms with E-state index in [0.717, 1.165) is 30.9 Å². The summed E-state index contributed by atoms with van der Waals surface area (Å²) < 4.78 is 11.3. The van der Waals surface area contributed by atoms with Crippen LogP contribution < -0.4 is 9.47 Å². The maximum Gasteiger partial charge on any atom is 0.245 e. The van der Waals surface area contributed by atoms with Crippen molar-refractivity contribution in [1.29, 1.82) is 0 Å². The topological polar surface area (TPSA) is 56.9 Å². The minimum absolute atomic E-state index is 0.465. The van der Waals surface area contributed by atoms with E-state index in [1.165, 1.54) is 32.1 Å². The van der Waals surface area contributed by atoms with Crippen LogP contribution in [-0.4, -0.2) is 18.1 Å². The molecule has 0 aliphatic heterocycles. The smallest absolute Gasteiger partial charge is 0.245 e. The average molecular weight is 385 g/mol. The van der Waals surface area contributed by atoms with Crippen molar-refractivity contribution in [2.45, 2.75) is 58.8 Å². The zero-order chi connectivity index (χ0) is 20.0. The Kier molecular flexibility index (Phi) is 9.91. The molecule has 2 rings (SSSR count). The fourth-order valence-corrected chi connectivity index (χ4v) is 2.73. The van der Waals surface area contributed by atoms with Crippen LogP contribution in [0.5, 0.6) is 11.5 Å². The monoisotopic (exact) mass is 384 g/mol. The summed E-state index contributed by atoms with van der Waals surface area (Å²) in [5.74, 6) is 1.56. The zero-order valence-corrected chi connectivity index (χ0v) is 17.1. The van der Waals surface area contributed by atoms with E-state index in [4.69, 9.17) is 9.47 Å². The van der Waals surface area contributed by atoms with Gasteiger partial charge in [0.05, 0.1) is 13.2 Å². The highest BCUT2D eigenvalue weighted by molar-refractivity contribution is 5.41. The van der Waals surface area contributed by atoms with Crippen molar-refractivity contribution in [2.75, 3.05) is 13.2 Å². The lowest BCUT2D eigenvalue weighted by molar-refractivity contribution is -0.435.